The Kier molecular flexibility index (Phi) is 3.98. The van der Waals surface area contributed by atoms with Gasteiger partial charge in [0.1, 0.15) is 6.04 Å². The predicted molar refractivity (Wildman–Crippen MR) is 70.3 cm³/mol. The number of carbonyl (C=O) groups is 2. The van der Waals surface area contributed by atoms with E-state index in [4.69, 9.17) is 0 Å². The van der Waals surface area contributed by atoms with Crippen molar-refractivity contribution in [1.82, 2.24) is 15.5 Å². The van der Waals surface area contributed by atoms with Crippen LogP contribution in [0.25, 0.3) is 0 Å². The summed E-state index contributed by atoms with van der Waals surface area (Å²) in [6.07, 6.45) is 0. The zero-order valence-corrected chi connectivity index (χ0v) is 11.3. The third-order valence-corrected chi connectivity index (χ3v) is 4.24. The van der Waals surface area contributed by atoms with E-state index in [9.17, 15) is 9.59 Å². The summed E-state index contributed by atoms with van der Waals surface area (Å²) in [5.41, 5.74) is 0. The molecule has 2 amide bonds. The van der Waals surface area contributed by atoms with Gasteiger partial charge in [0, 0.05) is 18.5 Å². The molecule has 1 fully saturated rings. The summed E-state index contributed by atoms with van der Waals surface area (Å²) < 4.78 is 0. The number of rotatable bonds is 3. The third-order valence-electron chi connectivity index (χ3n) is 3.19. The Labute approximate surface area is 110 Å². The Morgan fingerprint density at radius 2 is 2.39 bits per heavy atom. The SMILES string of the molecule is CC(c1cccs1)N(C)C(=O)C1CNC(=O)CN1. The number of hydrogen-bond acceptors (Lipinski definition) is 4. The fourth-order valence-corrected chi connectivity index (χ4v) is 2.72. The molecule has 0 spiro atoms. The van der Waals surface area contributed by atoms with Crippen LogP contribution in [0.4, 0.5) is 0 Å². The predicted octanol–water partition coefficient (Wildman–Crippen LogP) is 0.356. The molecule has 2 N–H and O–H groups in total. The van der Waals surface area contributed by atoms with Crippen molar-refractivity contribution in [2.45, 2.75) is 19.0 Å². The van der Waals surface area contributed by atoms with E-state index in [1.165, 1.54) is 0 Å². The monoisotopic (exact) mass is 267 g/mol. The van der Waals surface area contributed by atoms with E-state index in [1.807, 2.05) is 24.4 Å². The number of thiophene rings is 1. The molecule has 1 saturated heterocycles. The van der Waals surface area contributed by atoms with Gasteiger partial charge < -0.3 is 10.2 Å². The highest BCUT2D eigenvalue weighted by Gasteiger charge is 2.28. The maximum Gasteiger partial charge on any atom is 0.241 e. The second-order valence-electron chi connectivity index (χ2n) is 4.38. The van der Waals surface area contributed by atoms with Gasteiger partial charge in [0.2, 0.25) is 11.8 Å². The minimum atomic E-state index is -0.324. The van der Waals surface area contributed by atoms with Crippen molar-refractivity contribution in [3.05, 3.63) is 22.4 Å². The summed E-state index contributed by atoms with van der Waals surface area (Å²) in [5.74, 6) is -0.0519. The number of nitrogens with zero attached hydrogens (tertiary/aromatic N) is 1. The van der Waals surface area contributed by atoms with Crippen LogP contribution in [-0.4, -0.2) is 42.9 Å². The van der Waals surface area contributed by atoms with Gasteiger partial charge in [-0.25, -0.2) is 0 Å². The molecule has 1 aliphatic rings. The quantitative estimate of drug-likeness (QED) is 0.831. The van der Waals surface area contributed by atoms with Crippen LogP contribution in [0.2, 0.25) is 0 Å². The van der Waals surface area contributed by atoms with Crippen LogP contribution in [0.15, 0.2) is 17.5 Å². The summed E-state index contributed by atoms with van der Waals surface area (Å²) >= 11 is 1.64. The minimum absolute atomic E-state index is 0.0101. The number of piperazine rings is 1. The second-order valence-corrected chi connectivity index (χ2v) is 5.36. The van der Waals surface area contributed by atoms with E-state index >= 15 is 0 Å². The summed E-state index contributed by atoms with van der Waals surface area (Å²) in [5, 5.41) is 7.65. The molecule has 5 nitrogen and oxygen atoms in total. The van der Waals surface area contributed by atoms with Crippen molar-refractivity contribution in [1.29, 1.82) is 0 Å². The van der Waals surface area contributed by atoms with Gasteiger partial charge in [-0.05, 0) is 18.4 Å². The maximum absolute atomic E-state index is 12.3. The average molecular weight is 267 g/mol. The van der Waals surface area contributed by atoms with Crippen molar-refractivity contribution >= 4 is 23.2 Å². The first kappa shape index (κ1) is 13.0. The van der Waals surface area contributed by atoms with Crippen molar-refractivity contribution in [2.24, 2.45) is 0 Å². The van der Waals surface area contributed by atoms with Crippen LogP contribution in [0.3, 0.4) is 0 Å². The van der Waals surface area contributed by atoms with Crippen LogP contribution in [0.5, 0.6) is 0 Å². The largest absolute Gasteiger partial charge is 0.353 e. The standard InChI is InChI=1S/C12H17N3O2S/c1-8(10-4-3-5-18-10)15(2)12(17)9-6-14-11(16)7-13-9/h3-5,8-9,13H,6-7H2,1-2H3,(H,14,16). The van der Waals surface area contributed by atoms with Crippen molar-refractivity contribution in [3.8, 4) is 0 Å². The summed E-state index contributed by atoms with van der Waals surface area (Å²) in [7, 11) is 1.80. The lowest BCUT2D eigenvalue weighted by molar-refractivity contribution is -0.135. The maximum atomic E-state index is 12.3. The summed E-state index contributed by atoms with van der Waals surface area (Å²) in [6, 6.07) is 3.73. The Balaban J connectivity index is 1.98. The lowest BCUT2D eigenvalue weighted by Crippen LogP contribution is -2.58. The van der Waals surface area contributed by atoms with Crippen molar-refractivity contribution in [3.63, 3.8) is 0 Å². The Hall–Kier alpha value is -1.40. The molecular formula is C12H17N3O2S. The Morgan fingerprint density at radius 1 is 1.61 bits per heavy atom. The lowest BCUT2D eigenvalue weighted by atomic mass is 10.1. The van der Waals surface area contributed by atoms with Gasteiger partial charge in [-0.15, -0.1) is 11.3 Å². The van der Waals surface area contributed by atoms with Gasteiger partial charge in [-0.2, -0.15) is 0 Å². The number of likely N-dealkylation sites (N-methyl/N-ethyl adjacent to an activating group) is 1. The van der Waals surface area contributed by atoms with Crippen LogP contribution < -0.4 is 10.6 Å². The molecule has 1 aromatic rings. The van der Waals surface area contributed by atoms with Gasteiger partial charge in [0.05, 0.1) is 12.6 Å². The van der Waals surface area contributed by atoms with Gasteiger partial charge in [0.25, 0.3) is 0 Å². The molecule has 1 aromatic heterocycles. The van der Waals surface area contributed by atoms with Gasteiger partial charge in [-0.1, -0.05) is 6.07 Å². The third kappa shape index (κ3) is 2.70. The molecular weight excluding hydrogens is 250 g/mol. The molecule has 2 rings (SSSR count). The topological polar surface area (TPSA) is 61.4 Å². The molecule has 2 atom stereocenters. The van der Waals surface area contributed by atoms with Crippen LogP contribution in [0, 0.1) is 0 Å². The molecule has 2 unspecified atom stereocenters. The molecule has 0 saturated carbocycles. The van der Waals surface area contributed by atoms with Crippen molar-refractivity contribution in [2.75, 3.05) is 20.1 Å². The fourth-order valence-electron chi connectivity index (χ4n) is 1.90. The molecule has 0 radical (unpaired) electrons. The average Bonchev–Trinajstić information content (AvgIpc) is 2.91. The first-order valence-corrected chi connectivity index (χ1v) is 6.77. The van der Waals surface area contributed by atoms with E-state index in [-0.39, 0.29) is 30.4 Å². The van der Waals surface area contributed by atoms with Crippen LogP contribution in [-0.2, 0) is 9.59 Å². The van der Waals surface area contributed by atoms with Crippen LogP contribution >= 0.6 is 11.3 Å². The van der Waals surface area contributed by atoms with Crippen molar-refractivity contribution < 1.29 is 9.59 Å². The van der Waals surface area contributed by atoms with Gasteiger partial charge in [-0.3, -0.25) is 14.9 Å². The molecule has 0 bridgehead atoms. The molecule has 1 aliphatic heterocycles. The van der Waals surface area contributed by atoms with Gasteiger partial charge in [0.15, 0.2) is 0 Å². The minimum Gasteiger partial charge on any atom is -0.353 e. The number of hydrogen-bond donors (Lipinski definition) is 2. The Bertz CT molecular complexity index is 423. The van der Waals surface area contributed by atoms with Crippen LogP contribution in [0.1, 0.15) is 17.8 Å². The van der Waals surface area contributed by atoms with Gasteiger partial charge >= 0.3 is 0 Å². The first-order chi connectivity index (χ1) is 8.59. The Morgan fingerprint density at radius 3 is 2.94 bits per heavy atom. The zero-order valence-electron chi connectivity index (χ0n) is 10.5. The summed E-state index contributed by atoms with van der Waals surface area (Å²) in [4.78, 5) is 26.2. The number of amides is 2. The smallest absolute Gasteiger partial charge is 0.241 e. The highest BCUT2D eigenvalue weighted by molar-refractivity contribution is 7.10. The van der Waals surface area contributed by atoms with E-state index in [2.05, 4.69) is 10.6 Å². The molecule has 0 aliphatic carbocycles. The number of carbonyl (C=O) groups excluding carboxylic acids is 2. The fraction of sp³-hybridized carbons (Fsp3) is 0.500. The first-order valence-electron chi connectivity index (χ1n) is 5.89. The van der Waals surface area contributed by atoms with E-state index in [0.717, 1.165) is 4.88 Å². The molecule has 6 heteroatoms. The second kappa shape index (κ2) is 5.49. The highest BCUT2D eigenvalue weighted by Crippen LogP contribution is 2.23. The van der Waals surface area contributed by atoms with E-state index in [1.54, 1.807) is 23.3 Å². The van der Waals surface area contributed by atoms with E-state index < -0.39 is 0 Å². The number of nitrogens with one attached hydrogen (secondary N) is 2. The zero-order chi connectivity index (χ0) is 13.1. The molecule has 2 heterocycles. The molecule has 0 aromatic carbocycles. The normalized spacial score (nSPS) is 21.2. The molecule has 18 heavy (non-hydrogen) atoms. The molecule has 98 valence electrons. The van der Waals surface area contributed by atoms with E-state index in [0.29, 0.717) is 6.54 Å². The lowest BCUT2D eigenvalue weighted by Gasteiger charge is -2.31. The summed E-state index contributed by atoms with van der Waals surface area (Å²) in [6.45, 7) is 2.57. The highest BCUT2D eigenvalue weighted by atomic mass is 32.1.